The van der Waals surface area contributed by atoms with Crippen LogP contribution >= 0.6 is 11.3 Å². The Bertz CT molecular complexity index is 775. The van der Waals surface area contributed by atoms with Crippen LogP contribution in [0.25, 0.3) is 11.3 Å². The summed E-state index contributed by atoms with van der Waals surface area (Å²) < 4.78 is 37.0. The molecule has 1 N–H and O–H groups in total. The summed E-state index contributed by atoms with van der Waals surface area (Å²) in [6.07, 6.45) is -0.0912. The third-order valence-corrected chi connectivity index (χ3v) is 4.57. The minimum Gasteiger partial charge on any atom is -0.462 e. The van der Waals surface area contributed by atoms with Gasteiger partial charge < -0.3 is 14.8 Å². The molecule has 3 rings (SSSR count). The average Bonchev–Trinajstić information content (AvgIpc) is 3.05. The van der Waals surface area contributed by atoms with Crippen LogP contribution in [0.4, 0.5) is 8.78 Å². The molecule has 0 radical (unpaired) electrons. The summed E-state index contributed by atoms with van der Waals surface area (Å²) in [5.74, 6) is -0.740. The molecule has 8 heteroatoms. The Morgan fingerprint density at radius 3 is 3.04 bits per heavy atom. The molecular weight excluding hydrogens is 336 g/mol. The highest BCUT2D eigenvalue weighted by Crippen LogP contribution is 2.35. The molecule has 5 nitrogen and oxygen atoms in total. The zero-order chi connectivity index (χ0) is 17.1. The fourth-order valence-corrected chi connectivity index (χ4v) is 3.37. The van der Waals surface area contributed by atoms with E-state index in [1.54, 1.807) is 11.4 Å². The predicted molar refractivity (Wildman–Crippen MR) is 85.0 cm³/mol. The van der Waals surface area contributed by atoms with Gasteiger partial charge in [-0.05, 0) is 13.0 Å². The van der Waals surface area contributed by atoms with Crippen LogP contribution < -0.4 is 10.1 Å². The average molecular weight is 351 g/mol. The van der Waals surface area contributed by atoms with E-state index in [0.29, 0.717) is 17.8 Å². The number of hydrogen-bond acceptors (Lipinski definition) is 6. The molecule has 0 unspecified atom stereocenters. The highest BCUT2D eigenvalue weighted by molar-refractivity contribution is 7.10. The Morgan fingerprint density at radius 1 is 1.50 bits per heavy atom. The molecular formula is C16H15F2N3O2S. The number of halogens is 2. The number of benzene rings is 1. The van der Waals surface area contributed by atoms with Crippen LogP contribution in [-0.4, -0.2) is 31.0 Å². The zero-order valence-electron chi connectivity index (χ0n) is 12.9. The molecule has 0 spiro atoms. The van der Waals surface area contributed by atoms with Crippen LogP contribution in [0.2, 0.25) is 0 Å². The minimum atomic E-state index is -1.09. The molecule has 1 aliphatic rings. The van der Waals surface area contributed by atoms with Gasteiger partial charge in [-0.3, -0.25) is 0 Å². The Balaban J connectivity index is 1.95. The lowest BCUT2D eigenvalue weighted by Crippen LogP contribution is -2.38. The number of thiazole rings is 1. The maximum atomic E-state index is 13.7. The molecule has 2 aromatic rings. The van der Waals surface area contributed by atoms with E-state index < -0.39 is 12.7 Å². The van der Waals surface area contributed by atoms with Gasteiger partial charge in [0.2, 0.25) is 6.86 Å². The number of nitriles is 1. The van der Waals surface area contributed by atoms with Crippen molar-refractivity contribution in [3.05, 3.63) is 33.9 Å². The van der Waals surface area contributed by atoms with Crippen molar-refractivity contribution in [1.82, 2.24) is 10.3 Å². The second-order valence-electron chi connectivity index (χ2n) is 5.36. The molecule has 0 aliphatic carbocycles. The lowest BCUT2D eigenvalue weighted by Gasteiger charge is -2.27. The fraction of sp³-hybridized carbons (Fsp3) is 0.375. The van der Waals surface area contributed by atoms with Gasteiger partial charge in [0.25, 0.3) is 0 Å². The summed E-state index contributed by atoms with van der Waals surface area (Å²) in [5.41, 5.74) is 0.733. The van der Waals surface area contributed by atoms with Gasteiger partial charge in [-0.2, -0.15) is 5.26 Å². The number of aromatic nitrogens is 1. The number of alkyl halides is 1. The second kappa shape index (κ2) is 7.21. The van der Waals surface area contributed by atoms with Crippen LogP contribution in [0.3, 0.4) is 0 Å². The van der Waals surface area contributed by atoms with E-state index in [0.717, 1.165) is 17.6 Å². The third kappa shape index (κ3) is 3.38. The van der Waals surface area contributed by atoms with E-state index in [9.17, 15) is 8.78 Å². The topological polar surface area (TPSA) is 67.2 Å². The SMILES string of the molecule is C[C@@H]1CNC[C@H](c2nc(-c3cc(C#N)c(F)cc3OCF)cs2)O1. The van der Waals surface area contributed by atoms with Crippen molar-refractivity contribution in [3.63, 3.8) is 0 Å². The lowest BCUT2D eigenvalue weighted by molar-refractivity contribution is -0.0287. The summed E-state index contributed by atoms with van der Waals surface area (Å²) in [4.78, 5) is 4.51. The molecule has 2 heterocycles. The number of morpholine rings is 1. The van der Waals surface area contributed by atoms with Crippen molar-refractivity contribution in [2.45, 2.75) is 19.1 Å². The van der Waals surface area contributed by atoms with E-state index in [2.05, 4.69) is 10.3 Å². The summed E-state index contributed by atoms with van der Waals surface area (Å²) >= 11 is 1.40. The van der Waals surface area contributed by atoms with Crippen LogP contribution in [0.15, 0.2) is 17.5 Å². The monoisotopic (exact) mass is 351 g/mol. The number of ether oxygens (including phenoxy) is 2. The number of hydrogen-bond donors (Lipinski definition) is 1. The van der Waals surface area contributed by atoms with Crippen molar-refractivity contribution < 1.29 is 18.3 Å². The van der Waals surface area contributed by atoms with Gasteiger partial charge in [0.05, 0.1) is 17.4 Å². The minimum absolute atomic E-state index is 0.0157. The number of nitrogens with one attached hydrogen (secondary N) is 1. The van der Waals surface area contributed by atoms with E-state index in [-0.39, 0.29) is 23.5 Å². The molecule has 1 fully saturated rings. The molecule has 126 valence electrons. The van der Waals surface area contributed by atoms with E-state index in [4.69, 9.17) is 14.7 Å². The number of nitrogens with zero attached hydrogens (tertiary/aromatic N) is 2. The van der Waals surface area contributed by atoms with Gasteiger partial charge in [-0.25, -0.2) is 13.8 Å². The van der Waals surface area contributed by atoms with Crippen LogP contribution in [0.1, 0.15) is 23.6 Å². The first kappa shape index (κ1) is 16.8. The molecule has 1 aromatic carbocycles. The van der Waals surface area contributed by atoms with Crippen molar-refractivity contribution in [1.29, 1.82) is 5.26 Å². The van der Waals surface area contributed by atoms with Crippen molar-refractivity contribution in [2.24, 2.45) is 0 Å². The molecule has 2 atom stereocenters. The molecule has 1 aliphatic heterocycles. The molecule has 24 heavy (non-hydrogen) atoms. The van der Waals surface area contributed by atoms with E-state index in [1.807, 2.05) is 6.92 Å². The summed E-state index contributed by atoms with van der Waals surface area (Å²) in [5, 5.41) is 14.8. The quantitative estimate of drug-likeness (QED) is 0.916. The predicted octanol–water partition coefficient (Wildman–Crippen LogP) is 3.18. The summed E-state index contributed by atoms with van der Waals surface area (Å²) in [6, 6.07) is 4.10. The Labute approximate surface area is 141 Å². The molecule has 1 saturated heterocycles. The maximum absolute atomic E-state index is 13.7. The molecule has 1 aromatic heterocycles. The van der Waals surface area contributed by atoms with Crippen LogP contribution in [0.5, 0.6) is 5.75 Å². The van der Waals surface area contributed by atoms with Crippen molar-refractivity contribution >= 4 is 11.3 Å². The van der Waals surface area contributed by atoms with Gasteiger partial charge in [0.15, 0.2) is 0 Å². The Morgan fingerprint density at radius 2 is 2.33 bits per heavy atom. The van der Waals surface area contributed by atoms with Crippen LogP contribution in [-0.2, 0) is 4.74 Å². The first-order chi connectivity index (χ1) is 11.6. The summed E-state index contributed by atoms with van der Waals surface area (Å²) in [6.45, 7) is 2.31. The second-order valence-corrected chi connectivity index (χ2v) is 6.25. The van der Waals surface area contributed by atoms with E-state index >= 15 is 0 Å². The first-order valence-corrected chi connectivity index (χ1v) is 8.24. The van der Waals surface area contributed by atoms with Gasteiger partial charge in [0, 0.05) is 30.1 Å². The Kier molecular flexibility index (Phi) is 5.04. The van der Waals surface area contributed by atoms with Gasteiger partial charge in [0.1, 0.15) is 28.7 Å². The third-order valence-electron chi connectivity index (χ3n) is 3.63. The highest BCUT2D eigenvalue weighted by atomic mass is 32.1. The maximum Gasteiger partial charge on any atom is 0.228 e. The largest absolute Gasteiger partial charge is 0.462 e. The molecule has 0 bridgehead atoms. The van der Waals surface area contributed by atoms with Gasteiger partial charge in [-0.15, -0.1) is 11.3 Å². The standard InChI is InChI=1S/C16H15F2N3O2S/c1-9-5-20-6-15(23-9)16-21-13(7-24-16)11-2-10(4-19)12(18)3-14(11)22-8-17/h2-3,7,9,15,20H,5-6,8H2,1H3/t9-,15-/m1/s1. The van der Waals surface area contributed by atoms with Crippen LogP contribution in [0, 0.1) is 17.1 Å². The van der Waals surface area contributed by atoms with Gasteiger partial charge in [-0.1, -0.05) is 0 Å². The molecule has 0 saturated carbocycles. The highest BCUT2D eigenvalue weighted by Gasteiger charge is 2.24. The smallest absolute Gasteiger partial charge is 0.228 e. The Hall–Kier alpha value is -2.08. The number of rotatable bonds is 4. The normalized spacial score (nSPS) is 20.6. The fourth-order valence-electron chi connectivity index (χ4n) is 2.52. The zero-order valence-corrected chi connectivity index (χ0v) is 13.7. The first-order valence-electron chi connectivity index (χ1n) is 7.36. The van der Waals surface area contributed by atoms with Gasteiger partial charge >= 0.3 is 0 Å². The summed E-state index contributed by atoms with van der Waals surface area (Å²) in [7, 11) is 0. The van der Waals surface area contributed by atoms with Crippen molar-refractivity contribution in [2.75, 3.05) is 20.0 Å². The van der Waals surface area contributed by atoms with E-state index in [1.165, 1.54) is 17.4 Å². The molecule has 0 amide bonds. The van der Waals surface area contributed by atoms with Crippen molar-refractivity contribution in [3.8, 4) is 23.1 Å². The lowest BCUT2D eigenvalue weighted by atomic mass is 10.1.